The van der Waals surface area contributed by atoms with Gasteiger partial charge >= 0.3 is 6.09 Å². The van der Waals surface area contributed by atoms with Crippen molar-refractivity contribution in [3.63, 3.8) is 0 Å². The molecule has 1 aliphatic rings. The van der Waals surface area contributed by atoms with Crippen LogP contribution < -0.4 is 20.7 Å². The van der Waals surface area contributed by atoms with Crippen LogP contribution in [-0.2, 0) is 16.0 Å². The zero-order valence-corrected chi connectivity index (χ0v) is 18.6. The summed E-state index contributed by atoms with van der Waals surface area (Å²) in [5.74, 6) is -0.825. The molecule has 0 saturated carbocycles. The topological polar surface area (TPSA) is 115 Å². The minimum absolute atomic E-state index is 0.114. The molecule has 2 amide bonds. The molecule has 1 fully saturated rings. The van der Waals surface area contributed by atoms with Crippen molar-refractivity contribution in [1.82, 2.24) is 10.3 Å². The summed E-state index contributed by atoms with van der Waals surface area (Å²) in [7, 11) is 0. The van der Waals surface area contributed by atoms with Crippen molar-refractivity contribution in [3.8, 4) is 5.75 Å². The maximum atomic E-state index is 12.7. The SMILES string of the molecule is NC(=O)C(=O)C(Cc1ccccc1)NC(=O)Oc1cccnc1N1CCC(c2ccccc2)C1. The van der Waals surface area contributed by atoms with E-state index in [4.69, 9.17) is 10.5 Å². The number of nitrogens with zero attached hydrogens (tertiary/aromatic N) is 2. The van der Waals surface area contributed by atoms with E-state index in [0.717, 1.165) is 25.1 Å². The Morgan fingerprint density at radius 3 is 2.44 bits per heavy atom. The molecule has 0 bridgehead atoms. The molecule has 3 aromatic rings. The van der Waals surface area contributed by atoms with Gasteiger partial charge in [-0.3, -0.25) is 9.59 Å². The number of ketones is 1. The fraction of sp³-hybridized carbons (Fsp3) is 0.231. The van der Waals surface area contributed by atoms with E-state index in [1.165, 1.54) is 5.56 Å². The zero-order chi connectivity index (χ0) is 23.9. The number of ether oxygens (including phenoxy) is 1. The van der Waals surface area contributed by atoms with Gasteiger partial charge in [-0.15, -0.1) is 0 Å². The Bertz CT molecular complexity index is 1150. The maximum absolute atomic E-state index is 12.7. The second-order valence-electron chi connectivity index (χ2n) is 8.17. The van der Waals surface area contributed by atoms with Crippen LogP contribution in [0.5, 0.6) is 5.75 Å². The lowest BCUT2D eigenvalue weighted by molar-refractivity contribution is -0.137. The summed E-state index contributed by atoms with van der Waals surface area (Å²) in [6.45, 7) is 1.52. The van der Waals surface area contributed by atoms with Crippen molar-refractivity contribution in [2.75, 3.05) is 18.0 Å². The summed E-state index contributed by atoms with van der Waals surface area (Å²) in [5, 5.41) is 2.49. The van der Waals surface area contributed by atoms with Crippen molar-refractivity contribution in [3.05, 3.63) is 90.1 Å². The minimum Gasteiger partial charge on any atom is -0.406 e. The predicted octanol–water partition coefficient (Wildman–Crippen LogP) is 2.83. The Morgan fingerprint density at radius 2 is 1.74 bits per heavy atom. The first-order valence-corrected chi connectivity index (χ1v) is 11.1. The van der Waals surface area contributed by atoms with E-state index in [2.05, 4.69) is 27.3 Å². The van der Waals surface area contributed by atoms with Crippen LogP contribution in [0.1, 0.15) is 23.5 Å². The molecule has 8 heteroatoms. The summed E-state index contributed by atoms with van der Waals surface area (Å²) < 4.78 is 5.54. The zero-order valence-electron chi connectivity index (χ0n) is 18.6. The second-order valence-corrected chi connectivity index (χ2v) is 8.17. The van der Waals surface area contributed by atoms with E-state index < -0.39 is 23.8 Å². The lowest BCUT2D eigenvalue weighted by atomic mass is 9.99. The number of nitrogens with one attached hydrogen (secondary N) is 1. The molecule has 34 heavy (non-hydrogen) atoms. The molecule has 2 atom stereocenters. The van der Waals surface area contributed by atoms with Crippen LogP contribution in [0.2, 0.25) is 0 Å². The first kappa shape index (κ1) is 23.0. The monoisotopic (exact) mass is 458 g/mol. The molecular weight excluding hydrogens is 432 g/mol. The van der Waals surface area contributed by atoms with Crippen LogP contribution in [0.25, 0.3) is 0 Å². The molecular formula is C26H26N4O4. The highest BCUT2D eigenvalue weighted by atomic mass is 16.6. The summed E-state index contributed by atoms with van der Waals surface area (Å²) in [5.41, 5.74) is 7.22. The Morgan fingerprint density at radius 1 is 1.03 bits per heavy atom. The molecule has 2 unspecified atom stereocenters. The number of nitrogens with two attached hydrogens (primary N) is 1. The molecule has 4 rings (SSSR count). The fourth-order valence-corrected chi connectivity index (χ4v) is 4.15. The van der Waals surface area contributed by atoms with E-state index >= 15 is 0 Å². The number of aromatic nitrogens is 1. The maximum Gasteiger partial charge on any atom is 0.413 e. The summed E-state index contributed by atoms with van der Waals surface area (Å²) in [4.78, 5) is 43.0. The van der Waals surface area contributed by atoms with Crippen LogP contribution >= 0.6 is 0 Å². The third-order valence-corrected chi connectivity index (χ3v) is 5.85. The Kier molecular flexibility index (Phi) is 7.17. The number of anilines is 1. The molecule has 2 heterocycles. The second kappa shape index (κ2) is 10.6. The molecule has 3 N–H and O–H groups in total. The summed E-state index contributed by atoms with van der Waals surface area (Å²) in [6.07, 6.45) is 1.86. The molecule has 2 aromatic carbocycles. The van der Waals surface area contributed by atoms with E-state index in [0.29, 0.717) is 11.7 Å². The standard InChI is InChI=1S/C26H26N4O4/c27-24(32)23(31)21(16-18-8-3-1-4-9-18)29-26(33)34-22-12-7-14-28-25(22)30-15-13-20(17-30)19-10-5-2-6-11-19/h1-12,14,20-21H,13,15-17H2,(H2,27,32)(H,29,33). The normalized spacial score (nSPS) is 16.0. The number of primary amides is 1. The molecule has 1 aliphatic heterocycles. The van der Waals surface area contributed by atoms with E-state index in [-0.39, 0.29) is 12.2 Å². The number of rotatable bonds is 8. The van der Waals surface area contributed by atoms with Crippen LogP contribution in [0.4, 0.5) is 10.6 Å². The number of pyridine rings is 1. The van der Waals surface area contributed by atoms with Crippen LogP contribution in [0, 0.1) is 0 Å². The van der Waals surface area contributed by atoms with Gasteiger partial charge in [-0.05, 0) is 29.7 Å². The molecule has 174 valence electrons. The smallest absolute Gasteiger partial charge is 0.406 e. The number of amides is 2. The van der Waals surface area contributed by atoms with E-state index in [1.54, 1.807) is 42.6 Å². The van der Waals surface area contributed by atoms with Crippen molar-refractivity contribution < 1.29 is 19.1 Å². The van der Waals surface area contributed by atoms with Gasteiger partial charge in [0.05, 0.1) is 0 Å². The Labute approximate surface area is 197 Å². The Hall–Kier alpha value is -4.20. The average Bonchev–Trinajstić information content (AvgIpc) is 3.35. The van der Waals surface area contributed by atoms with Crippen molar-refractivity contribution in [2.45, 2.75) is 24.8 Å². The van der Waals surface area contributed by atoms with E-state index in [9.17, 15) is 14.4 Å². The van der Waals surface area contributed by atoms with Gasteiger partial charge in [-0.25, -0.2) is 9.78 Å². The van der Waals surface area contributed by atoms with Gasteiger partial charge < -0.3 is 20.7 Å². The van der Waals surface area contributed by atoms with Crippen molar-refractivity contribution >= 4 is 23.6 Å². The van der Waals surface area contributed by atoms with Gasteiger partial charge in [0.2, 0.25) is 5.78 Å². The number of carbonyl (C=O) groups excluding carboxylic acids is 3. The highest BCUT2D eigenvalue weighted by Gasteiger charge is 2.29. The van der Waals surface area contributed by atoms with Crippen molar-refractivity contribution in [1.29, 1.82) is 0 Å². The highest BCUT2D eigenvalue weighted by molar-refractivity contribution is 6.37. The third kappa shape index (κ3) is 5.58. The quantitative estimate of drug-likeness (QED) is 0.502. The number of Topliss-reactive ketones (excluding diaryl/α,β-unsaturated/α-hetero) is 1. The van der Waals surface area contributed by atoms with Crippen molar-refractivity contribution in [2.24, 2.45) is 5.73 Å². The van der Waals surface area contributed by atoms with Gasteiger partial charge in [0.15, 0.2) is 11.6 Å². The number of hydrogen-bond donors (Lipinski definition) is 2. The lowest BCUT2D eigenvalue weighted by Crippen LogP contribution is -2.48. The molecule has 1 aromatic heterocycles. The first-order chi connectivity index (χ1) is 16.5. The summed E-state index contributed by atoms with van der Waals surface area (Å²) >= 11 is 0. The first-order valence-electron chi connectivity index (χ1n) is 11.1. The van der Waals surface area contributed by atoms with Gasteiger partial charge in [0.25, 0.3) is 5.91 Å². The van der Waals surface area contributed by atoms with Gasteiger partial charge in [0.1, 0.15) is 6.04 Å². The van der Waals surface area contributed by atoms with Gasteiger partial charge in [-0.1, -0.05) is 60.7 Å². The summed E-state index contributed by atoms with van der Waals surface area (Å²) in [6, 6.07) is 21.5. The largest absolute Gasteiger partial charge is 0.413 e. The fourth-order valence-electron chi connectivity index (χ4n) is 4.15. The molecule has 8 nitrogen and oxygen atoms in total. The molecule has 0 radical (unpaired) electrons. The third-order valence-electron chi connectivity index (χ3n) is 5.85. The van der Waals surface area contributed by atoms with Gasteiger partial charge in [0, 0.05) is 31.6 Å². The van der Waals surface area contributed by atoms with E-state index in [1.807, 2.05) is 24.3 Å². The number of hydrogen-bond acceptors (Lipinski definition) is 6. The molecule has 1 saturated heterocycles. The molecule has 0 spiro atoms. The highest BCUT2D eigenvalue weighted by Crippen LogP contribution is 2.34. The van der Waals surface area contributed by atoms with Crippen LogP contribution in [0.15, 0.2) is 79.0 Å². The average molecular weight is 459 g/mol. The van der Waals surface area contributed by atoms with Gasteiger partial charge in [-0.2, -0.15) is 0 Å². The lowest BCUT2D eigenvalue weighted by Gasteiger charge is -2.21. The van der Waals surface area contributed by atoms with Crippen LogP contribution in [0.3, 0.4) is 0 Å². The number of benzene rings is 2. The predicted molar refractivity (Wildman–Crippen MR) is 128 cm³/mol. The molecule has 0 aliphatic carbocycles. The van der Waals surface area contributed by atoms with Crippen LogP contribution in [-0.4, -0.2) is 41.9 Å². The number of carbonyl (C=O) groups is 3. The minimum atomic E-state index is -1.14. The Balaban J connectivity index is 1.45.